The van der Waals surface area contributed by atoms with Crippen LogP contribution in [-0.2, 0) is 4.79 Å². The van der Waals surface area contributed by atoms with Gasteiger partial charge in [0.15, 0.2) is 5.17 Å². The molecule has 5 nitrogen and oxygen atoms in total. The zero-order valence-corrected chi connectivity index (χ0v) is 18.3. The molecule has 3 aromatic rings. The number of carbonyl (C=O) groups excluding carboxylic acids is 1. The molecule has 1 aromatic heterocycles. The lowest BCUT2D eigenvalue weighted by atomic mass is 10.2. The molecule has 2 aliphatic rings. The van der Waals surface area contributed by atoms with E-state index in [0.717, 1.165) is 36.9 Å². The van der Waals surface area contributed by atoms with Crippen LogP contribution in [0.5, 0.6) is 0 Å². The molecule has 5 rings (SSSR count). The Hall–Kier alpha value is -2.96. The van der Waals surface area contributed by atoms with Gasteiger partial charge in [0.05, 0.1) is 4.91 Å². The Labute approximate surface area is 190 Å². The largest absolute Gasteiger partial charge is 0.457 e. The quantitative estimate of drug-likeness (QED) is 0.501. The summed E-state index contributed by atoms with van der Waals surface area (Å²) in [6.07, 6.45) is 1.76. The summed E-state index contributed by atoms with van der Waals surface area (Å²) < 4.78 is 5.91. The van der Waals surface area contributed by atoms with Crippen LogP contribution < -0.4 is 4.90 Å². The van der Waals surface area contributed by atoms with Crippen LogP contribution in [0.4, 0.5) is 5.69 Å². The molecule has 1 saturated heterocycles. The number of benzene rings is 2. The van der Waals surface area contributed by atoms with Crippen molar-refractivity contribution in [2.24, 2.45) is 4.99 Å². The first-order valence-electron chi connectivity index (χ1n) is 10.1. The number of para-hydroxylation sites is 1. The molecule has 0 N–H and O–H groups in total. The molecule has 0 bridgehead atoms. The van der Waals surface area contributed by atoms with Gasteiger partial charge in [-0.2, -0.15) is 4.99 Å². The normalized spacial score (nSPS) is 18.0. The van der Waals surface area contributed by atoms with Gasteiger partial charge in [-0.3, -0.25) is 4.79 Å². The van der Waals surface area contributed by atoms with E-state index in [-0.39, 0.29) is 5.91 Å². The average Bonchev–Trinajstić information content (AvgIpc) is 3.42. The Bertz CT molecular complexity index is 1160. The smallest absolute Gasteiger partial charge is 0.286 e. The van der Waals surface area contributed by atoms with Crippen LogP contribution in [-0.4, -0.2) is 42.2 Å². The van der Waals surface area contributed by atoms with Crippen molar-refractivity contribution in [1.29, 1.82) is 0 Å². The number of anilines is 1. The molecule has 0 atom stereocenters. The predicted molar refractivity (Wildman–Crippen MR) is 127 cm³/mol. The van der Waals surface area contributed by atoms with Crippen LogP contribution in [0.25, 0.3) is 17.4 Å². The molecular formula is C24H20ClN3O2S. The minimum atomic E-state index is -0.216. The van der Waals surface area contributed by atoms with E-state index in [1.54, 1.807) is 6.08 Å². The van der Waals surface area contributed by atoms with Gasteiger partial charge in [-0.25, -0.2) is 0 Å². The lowest BCUT2D eigenvalue weighted by Crippen LogP contribution is -2.47. The lowest BCUT2D eigenvalue weighted by molar-refractivity contribution is -0.113. The fourth-order valence-electron chi connectivity index (χ4n) is 3.68. The zero-order chi connectivity index (χ0) is 21.2. The van der Waals surface area contributed by atoms with Gasteiger partial charge in [0, 0.05) is 48.5 Å². The Balaban J connectivity index is 1.24. The van der Waals surface area contributed by atoms with Crippen LogP contribution in [0.3, 0.4) is 0 Å². The molecule has 0 spiro atoms. The zero-order valence-electron chi connectivity index (χ0n) is 16.7. The van der Waals surface area contributed by atoms with Gasteiger partial charge in [-0.1, -0.05) is 41.9 Å². The third-order valence-electron chi connectivity index (χ3n) is 5.29. The average molecular weight is 450 g/mol. The van der Waals surface area contributed by atoms with Crippen LogP contribution in [0.2, 0.25) is 5.02 Å². The fraction of sp³-hybridized carbons (Fsp3) is 0.167. The summed E-state index contributed by atoms with van der Waals surface area (Å²) in [7, 11) is 0. The van der Waals surface area contributed by atoms with Gasteiger partial charge in [0.2, 0.25) is 0 Å². The van der Waals surface area contributed by atoms with Crippen LogP contribution >= 0.6 is 23.4 Å². The van der Waals surface area contributed by atoms with Crippen molar-refractivity contribution in [2.75, 3.05) is 31.1 Å². The van der Waals surface area contributed by atoms with Crippen molar-refractivity contribution in [3.8, 4) is 11.3 Å². The second-order valence-corrected chi connectivity index (χ2v) is 8.78. The summed E-state index contributed by atoms with van der Waals surface area (Å²) in [6, 6.07) is 21.6. The van der Waals surface area contributed by atoms with Crippen molar-refractivity contribution in [3.63, 3.8) is 0 Å². The van der Waals surface area contributed by atoms with Crippen molar-refractivity contribution in [3.05, 3.63) is 82.4 Å². The van der Waals surface area contributed by atoms with Crippen molar-refractivity contribution in [2.45, 2.75) is 0 Å². The molecule has 0 radical (unpaired) electrons. The first kappa shape index (κ1) is 20.0. The Morgan fingerprint density at radius 3 is 2.48 bits per heavy atom. The van der Waals surface area contributed by atoms with Crippen LogP contribution in [0.1, 0.15) is 5.76 Å². The Kier molecular flexibility index (Phi) is 5.57. The number of piperazine rings is 1. The van der Waals surface area contributed by atoms with Crippen molar-refractivity contribution >= 4 is 46.2 Å². The Morgan fingerprint density at radius 2 is 1.71 bits per heavy atom. The molecule has 0 aliphatic carbocycles. The number of rotatable bonds is 3. The van der Waals surface area contributed by atoms with E-state index in [9.17, 15) is 4.79 Å². The summed E-state index contributed by atoms with van der Waals surface area (Å²) in [5.41, 5.74) is 2.13. The van der Waals surface area contributed by atoms with Gasteiger partial charge in [0.25, 0.3) is 5.91 Å². The Morgan fingerprint density at radius 1 is 0.935 bits per heavy atom. The highest BCUT2D eigenvalue weighted by molar-refractivity contribution is 8.18. The number of furan rings is 1. The molecule has 0 unspecified atom stereocenters. The molecule has 2 aliphatic heterocycles. The number of hydrogen-bond donors (Lipinski definition) is 0. The number of aliphatic imine (C=N–C) groups is 1. The summed E-state index contributed by atoms with van der Waals surface area (Å²) in [5.74, 6) is 1.12. The molecule has 2 aromatic carbocycles. The summed E-state index contributed by atoms with van der Waals surface area (Å²) >= 11 is 7.48. The first-order valence-corrected chi connectivity index (χ1v) is 11.3. The summed E-state index contributed by atoms with van der Waals surface area (Å²) in [4.78, 5) is 21.9. The van der Waals surface area contributed by atoms with E-state index >= 15 is 0 Å². The first-order chi connectivity index (χ1) is 15.2. The molecule has 156 valence electrons. The third kappa shape index (κ3) is 4.40. The van der Waals surface area contributed by atoms with E-state index in [2.05, 4.69) is 39.1 Å². The fourth-order valence-corrected chi connectivity index (χ4v) is 4.82. The maximum Gasteiger partial charge on any atom is 0.286 e. The highest BCUT2D eigenvalue weighted by Gasteiger charge is 2.28. The van der Waals surface area contributed by atoms with Crippen molar-refractivity contribution in [1.82, 2.24) is 4.90 Å². The number of amidine groups is 1. The highest BCUT2D eigenvalue weighted by Crippen LogP contribution is 2.32. The number of thioether (sulfide) groups is 1. The maximum atomic E-state index is 12.5. The number of halogens is 1. The van der Waals surface area contributed by atoms with E-state index < -0.39 is 0 Å². The summed E-state index contributed by atoms with van der Waals surface area (Å²) in [5, 5.41) is 1.42. The maximum absolute atomic E-state index is 12.5. The molecule has 31 heavy (non-hydrogen) atoms. The van der Waals surface area contributed by atoms with E-state index in [4.69, 9.17) is 16.0 Å². The topological polar surface area (TPSA) is 49.1 Å². The molecule has 3 heterocycles. The number of nitrogens with zero attached hydrogens (tertiary/aromatic N) is 3. The van der Waals surface area contributed by atoms with Gasteiger partial charge in [0.1, 0.15) is 11.5 Å². The van der Waals surface area contributed by atoms with Crippen LogP contribution in [0, 0.1) is 0 Å². The van der Waals surface area contributed by atoms with Gasteiger partial charge in [-0.15, -0.1) is 0 Å². The number of carbonyl (C=O) groups is 1. The number of hydrogen-bond acceptors (Lipinski definition) is 5. The molecule has 0 saturated carbocycles. The van der Waals surface area contributed by atoms with Gasteiger partial charge < -0.3 is 14.2 Å². The summed E-state index contributed by atoms with van der Waals surface area (Å²) in [6.45, 7) is 3.47. The SMILES string of the molecule is O=C1N=C(N2CCN(c3ccccc3)CC2)SC1=Cc1ccc(-c2cccc(Cl)c2)o1. The minimum absolute atomic E-state index is 0.216. The predicted octanol–water partition coefficient (Wildman–Crippen LogP) is 5.39. The molecule has 1 fully saturated rings. The minimum Gasteiger partial charge on any atom is -0.457 e. The third-order valence-corrected chi connectivity index (χ3v) is 6.57. The molecule has 1 amide bonds. The lowest BCUT2D eigenvalue weighted by Gasteiger charge is -2.36. The standard InChI is InChI=1S/C24H20ClN3O2S/c25-18-6-4-5-17(15-18)21-10-9-20(30-21)16-22-23(29)26-24(31-22)28-13-11-27(12-14-28)19-7-2-1-3-8-19/h1-10,15-16H,11-14H2. The van der Waals surface area contributed by atoms with Gasteiger partial charge in [-0.05, 0) is 48.2 Å². The van der Waals surface area contributed by atoms with E-state index in [0.29, 0.717) is 21.4 Å². The molecular weight excluding hydrogens is 430 g/mol. The second kappa shape index (κ2) is 8.65. The highest BCUT2D eigenvalue weighted by atomic mass is 35.5. The van der Waals surface area contributed by atoms with Crippen molar-refractivity contribution < 1.29 is 9.21 Å². The number of amides is 1. The van der Waals surface area contributed by atoms with E-state index in [1.807, 2.05) is 42.5 Å². The van der Waals surface area contributed by atoms with Crippen LogP contribution in [0.15, 0.2) is 81.0 Å². The van der Waals surface area contributed by atoms with Gasteiger partial charge >= 0.3 is 0 Å². The molecule has 7 heteroatoms. The van der Waals surface area contributed by atoms with E-state index in [1.165, 1.54) is 17.4 Å². The second-order valence-electron chi connectivity index (χ2n) is 7.33. The monoisotopic (exact) mass is 449 g/mol.